The van der Waals surface area contributed by atoms with Crippen LogP contribution in [0.2, 0.25) is 0 Å². The molecule has 33 heavy (non-hydrogen) atoms. The monoisotopic (exact) mass is 474 g/mol. The maximum absolute atomic E-state index is 13.9. The van der Waals surface area contributed by atoms with Crippen LogP contribution in [-0.4, -0.2) is 54.5 Å². The second kappa shape index (κ2) is 9.58. The van der Waals surface area contributed by atoms with Crippen molar-refractivity contribution in [1.29, 1.82) is 0 Å². The molecular formula is C23H27FN4O4S. The molecule has 1 amide bonds. The zero-order valence-corrected chi connectivity index (χ0v) is 19.5. The summed E-state index contributed by atoms with van der Waals surface area (Å²) in [5.74, 6) is -0.123. The second-order valence-corrected chi connectivity index (χ2v) is 9.91. The van der Waals surface area contributed by atoms with E-state index in [1.807, 2.05) is 18.4 Å². The smallest absolute Gasteiger partial charge is 0.243 e. The molecule has 2 heterocycles. The molecule has 3 aromatic rings. The van der Waals surface area contributed by atoms with Gasteiger partial charge in [-0.2, -0.15) is 4.31 Å². The summed E-state index contributed by atoms with van der Waals surface area (Å²) in [7, 11) is -3.63. The molecule has 10 heteroatoms. The Morgan fingerprint density at radius 1 is 1.18 bits per heavy atom. The van der Waals surface area contributed by atoms with Crippen LogP contribution in [0, 0.1) is 12.7 Å². The SMILES string of the molecule is CCn1c(CCC(=O)Nc2cc(C)ccc2F)nc2cc(S(=O)(=O)N3CCOCC3)ccc21. The van der Waals surface area contributed by atoms with E-state index >= 15 is 0 Å². The highest BCUT2D eigenvalue weighted by atomic mass is 32.2. The number of ether oxygens (including phenoxy) is 1. The number of aryl methyl sites for hydroxylation is 3. The quantitative estimate of drug-likeness (QED) is 0.568. The number of nitrogens with one attached hydrogen (secondary N) is 1. The van der Waals surface area contributed by atoms with Crippen LogP contribution in [0.4, 0.5) is 10.1 Å². The highest BCUT2D eigenvalue weighted by Gasteiger charge is 2.27. The zero-order valence-electron chi connectivity index (χ0n) is 18.7. The molecule has 1 N–H and O–H groups in total. The van der Waals surface area contributed by atoms with E-state index in [1.54, 1.807) is 30.3 Å². The van der Waals surface area contributed by atoms with Crippen LogP contribution in [0.1, 0.15) is 24.7 Å². The molecule has 0 bridgehead atoms. The molecular weight excluding hydrogens is 447 g/mol. The third-order valence-corrected chi connectivity index (χ3v) is 7.59. The lowest BCUT2D eigenvalue weighted by Crippen LogP contribution is -2.40. The minimum Gasteiger partial charge on any atom is -0.379 e. The van der Waals surface area contributed by atoms with E-state index in [1.165, 1.54) is 10.4 Å². The number of imidazole rings is 1. The van der Waals surface area contributed by atoms with Gasteiger partial charge >= 0.3 is 0 Å². The normalized spacial score (nSPS) is 15.1. The van der Waals surface area contributed by atoms with Crippen LogP contribution in [0.15, 0.2) is 41.3 Å². The minimum atomic E-state index is -3.63. The van der Waals surface area contributed by atoms with Crippen molar-refractivity contribution in [1.82, 2.24) is 13.9 Å². The molecule has 0 spiro atoms. The van der Waals surface area contributed by atoms with Gasteiger partial charge in [0.2, 0.25) is 15.9 Å². The number of anilines is 1. The Bertz CT molecular complexity index is 1280. The largest absolute Gasteiger partial charge is 0.379 e. The molecule has 1 aromatic heterocycles. The van der Waals surface area contributed by atoms with E-state index in [2.05, 4.69) is 10.3 Å². The first-order chi connectivity index (χ1) is 15.8. The highest BCUT2D eigenvalue weighted by Crippen LogP contribution is 2.24. The molecule has 1 aliphatic rings. The van der Waals surface area contributed by atoms with Crippen LogP contribution in [0.3, 0.4) is 0 Å². The molecule has 0 saturated carbocycles. The molecule has 2 aromatic carbocycles. The van der Waals surface area contributed by atoms with Crippen molar-refractivity contribution in [2.45, 2.75) is 38.1 Å². The first-order valence-corrected chi connectivity index (χ1v) is 12.4. The van der Waals surface area contributed by atoms with Crippen LogP contribution in [0.5, 0.6) is 0 Å². The molecule has 1 aliphatic heterocycles. The Morgan fingerprint density at radius 2 is 1.94 bits per heavy atom. The number of rotatable bonds is 7. The number of aromatic nitrogens is 2. The summed E-state index contributed by atoms with van der Waals surface area (Å²) < 4.78 is 48.5. The number of carbonyl (C=O) groups excluding carboxylic acids is 1. The van der Waals surface area contributed by atoms with Crippen molar-refractivity contribution in [2.75, 3.05) is 31.6 Å². The van der Waals surface area contributed by atoms with Gasteiger partial charge in [-0.25, -0.2) is 17.8 Å². The fraction of sp³-hybridized carbons (Fsp3) is 0.391. The lowest BCUT2D eigenvalue weighted by molar-refractivity contribution is -0.116. The Balaban J connectivity index is 1.53. The number of sulfonamides is 1. The summed E-state index contributed by atoms with van der Waals surface area (Å²) in [5, 5.41) is 2.61. The third-order valence-electron chi connectivity index (χ3n) is 5.69. The van der Waals surface area contributed by atoms with E-state index < -0.39 is 15.8 Å². The topological polar surface area (TPSA) is 93.5 Å². The predicted octanol–water partition coefficient (Wildman–Crippen LogP) is 3.10. The number of nitrogens with zero attached hydrogens (tertiary/aromatic N) is 3. The van der Waals surface area contributed by atoms with Crippen molar-refractivity contribution in [3.63, 3.8) is 0 Å². The molecule has 1 saturated heterocycles. The zero-order chi connectivity index (χ0) is 23.6. The van der Waals surface area contributed by atoms with Crippen molar-refractivity contribution in [2.24, 2.45) is 0 Å². The summed E-state index contributed by atoms with van der Waals surface area (Å²) in [6.45, 7) is 5.82. The average Bonchev–Trinajstić information content (AvgIpc) is 3.17. The number of halogens is 1. The second-order valence-electron chi connectivity index (χ2n) is 7.97. The standard InChI is InChI=1S/C23H27FN4O4S/c1-3-28-21-7-5-17(33(30,31)27-10-12-32-13-11-27)15-20(21)25-22(28)8-9-23(29)26-19-14-16(2)4-6-18(19)24/h4-7,14-15H,3,8-13H2,1-2H3,(H,26,29). The van der Waals surface area contributed by atoms with Crippen LogP contribution < -0.4 is 5.32 Å². The summed E-state index contributed by atoms with van der Waals surface area (Å²) >= 11 is 0. The first-order valence-electron chi connectivity index (χ1n) is 10.9. The summed E-state index contributed by atoms with van der Waals surface area (Å²) in [5.41, 5.74) is 2.37. The van der Waals surface area contributed by atoms with E-state index in [0.717, 1.165) is 11.1 Å². The van der Waals surface area contributed by atoms with Gasteiger partial charge in [0.15, 0.2) is 0 Å². The Kier molecular flexibility index (Phi) is 6.78. The Hall–Kier alpha value is -2.82. The van der Waals surface area contributed by atoms with Gasteiger partial charge in [0.25, 0.3) is 0 Å². The van der Waals surface area contributed by atoms with Gasteiger partial charge in [-0.15, -0.1) is 0 Å². The summed E-state index contributed by atoms with van der Waals surface area (Å²) in [4.78, 5) is 17.2. The number of amides is 1. The highest BCUT2D eigenvalue weighted by molar-refractivity contribution is 7.89. The van der Waals surface area contributed by atoms with Crippen molar-refractivity contribution >= 4 is 32.7 Å². The lowest BCUT2D eigenvalue weighted by Gasteiger charge is -2.26. The molecule has 176 valence electrons. The fourth-order valence-corrected chi connectivity index (χ4v) is 5.40. The maximum Gasteiger partial charge on any atom is 0.243 e. The number of carbonyl (C=O) groups is 1. The number of benzene rings is 2. The molecule has 8 nitrogen and oxygen atoms in total. The maximum atomic E-state index is 13.9. The van der Waals surface area contributed by atoms with Gasteiger partial charge in [0.1, 0.15) is 11.6 Å². The van der Waals surface area contributed by atoms with Crippen LogP contribution in [-0.2, 0) is 32.5 Å². The van der Waals surface area contributed by atoms with Crippen molar-refractivity contribution < 1.29 is 22.3 Å². The number of morpholine rings is 1. The van der Waals surface area contributed by atoms with Crippen LogP contribution in [0.25, 0.3) is 11.0 Å². The Labute approximate surface area is 192 Å². The van der Waals surface area contributed by atoms with Gasteiger partial charge in [0.05, 0.1) is 34.8 Å². The first kappa shape index (κ1) is 23.3. The molecule has 0 radical (unpaired) electrons. The van der Waals surface area contributed by atoms with Crippen molar-refractivity contribution in [3.8, 4) is 0 Å². The van der Waals surface area contributed by atoms with Gasteiger partial charge in [-0.1, -0.05) is 6.07 Å². The lowest BCUT2D eigenvalue weighted by atomic mass is 10.2. The summed E-state index contributed by atoms with van der Waals surface area (Å²) in [6.07, 6.45) is 0.461. The van der Waals surface area contributed by atoms with E-state index in [4.69, 9.17) is 4.74 Å². The minimum absolute atomic E-state index is 0.121. The molecule has 4 rings (SSSR count). The molecule has 0 unspecified atom stereocenters. The third kappa shape index (κ3) is 4.92. The summed E-state index contributed by atoms with van der Waals surface area (Å²) in [6, 6.07) is 9.48. The van der Waals surface area contributed by atoms with Gasteiger partial charge in [0, 0.05) is 32.5 Å². The van der Waals surface area contributed by atoms with Gasteiger partial charge < -0.3 is 14.6 Å². The van der Waals surface area contributed by atoms with Gasteiger partial charge in [-0.3, -0.25) is 4.79 Å². The van der Waals surface area contributed by atoms with Crippen LogP contribution >= 0.6 is 0 Å². The van der Waals surface area contributed by atoms with Gasteiger partial charge in [-0.05, 0) is 49.7 Å². The molecule has 0 aliphatic carbocycles. The Morgan fingerprint density at radius 3 is 2.67 bits per heavy atom. The molecule has 0 atom stereocenters. The average molecular weight is 475 g/mol. The number of hydrogen-bond donors (Lipinski definition) is 1. The number of hydrogen-bond acceptors (Lipinski definition) is 5. The fourth-order valence-electron chi connectivity index (χ4n) is 3.97. The van der Waals surface area contributed by atoms with E-state index in [0.29, 0.717) is 50.6 Å². The van der Waals surface area contributed by atoms with E-state index in [-0.39, 0.29) is 22.9 Å². The molecule has 1 fully saturated rings. The predicted molar refractivity (Wildman–Crippen MR) is 123 cm³/mol. The number of fused-ring (bicyclic) bond motifs is 1. The van der Waals surface area contributed by atoms with Crippen molar-refractivity contribution in [3.05, 3.63) is 53.6 Å². The van der Waals surface area contributed by atoms with E-state index in [9.17, 15) is 17.6 Å².